The van der Waals surface area contributed by atoms with Crippen LogP contribution in [0, 0.1) is 0 Å². The van der Waals surface area contributed by atoms with E-state index in [0.717, 1.165) is 29.5 Å². The highest BCUT2D eigenvalue weighted by molar-refractivity contribution is 7.22. The predicted molar refractivity (Wildman–Crippen MR) is 104 cm³/mol. The first-order valence-electron chi connectivity index (χ1n) is 9.26. The van der Waals surface area contributed by atoms with E-state index in [1.165, 1.54) is 21.1 Å². The van der Waals surface area contributed by atoms with Crippen LogP contribution in [0.4, 0.5) is 9.93 Å². The van der Waals surface area contributed by atoms with Gasteiger partial charge in [-0.2, -0.15) is 0 Å². The van der Waals surface area contributed by atoms with Gasteiger partial charge in [0.25, 0.3) is 5.91 Å². The van der Waals surface area contributed by atoms with Gasteiger partial charge in [0.15, 0.2) is 5.13 Å². The third-order valence-electron chi connectivity index (χ3n) is 5.45. The molecule has 2 aromatic rings. The second-order valence-corrected chi connectivity index (χ2v) is 8.21. The minimum absolute atomic E-state index is 0.0850. The Morgan fingerprint density at radius 1 is 1.26 bits per heavy atom. The summed E-state index contributed by atoms with van der Waals surface area (Å²) >= 11 is 1.44. The molecule has 4 amide bonds. The Balaban J connectivity index is 1.41. The second kappa shape index (κ2) is 6.92. The molecule has 0 radical (unpaired) electrons. The fraction of sp³-hybridized carbons (Fsp3) is 0.474. The number of carbonyl (C=O) groups is 3. The Hall–Kier alpha value is -2.48. The van der Waals surface area contributed by atoms with Crippen molar-refractivity contribution in [2.24, 2.45) is 0 Å². The van der Waals surface area contributed by atoms with Crippen molar-refractivity contribution in [2.75, 3.05) is 18.5 Å². The molecule has 1 aromatic carbocycles. The van der Waals surface area contributed by atoms with E-state index >= 15 is 0 Å². The molecule has 0 atom stereocenters. The van der Waals surface area contributed by atoms with Crippen LogP contribution in [0.5, 0.6) is 0 Å². The summed E-state index contributed by atoms with van der Waals surface area (Å²) in [7, 11) is 1.68. The molecule has 1 spiro atoms. The zero-order valence-electron chi connectivity index (χ0n) is 15.2. The van der Waals surface area contributed by atoms with E-state index in [4.69, 9.17) is 0 Å². The van der Waals surface area contributed by atoms with Crippen molar-refractivity contribution < 1.29 is 14.4 Å². The Morgan fingerprint density at radius 2 is 2.00 bits per heavy atom. The van der Waals surface area contributed by atoms with Gasteiger partial charge in [-0.1, -0.05) is 42.7 Å². The fourth-order valence-corrected chi connectivity index (χ4v) is 4.80. The minimum atomic E-state index is -0.739. The first kappa shape index (κ1) is 17.9. The lowest BCUT2D eigenvalue weighted by atomic mass is 9.82. The van der Waals surface area contributed by atoms with E-state index in [2.05, 4.69) is 10.3 Å². The number of rotatable bonds is 4. The summed E-state index contributed by atoms with van der Waals surface area (Å²) in [5.41, 5.74) is 0.114. The van der Waals surface area contributed by atoms with Gasteiger partial charge in [-0.15, -0.1) is 0 Å². The first-order valence-corrected chi connectivity index (χ1v) is 10.1. The number of anilines is 1. The van der Waals surface area contributed by atoms with Crippen molar-refractivity contribution in [3.05, 3.63) is 24.3 Å². The Bertz CT molecular complexity index is 870. The molecule has 0 unspecified atom stereocenters. The molecule has 7 nitrogen and oxygen atoms in total. The zero-order chi connectivity index (χ0) is 19.0. The SMILES string of the molecule is CN(C(=O)CCN1C(=O)NC2(CCCCC2)C1=O)c1nc2ccccc2s1. The molecule has 2 fully saturated rings. The molecule has 142 valence electrons. The highest BCUT2D eigenvalue weighted by atomic mass is 32.1. The smallest absolute Gasteiger partial charge is 0.323 e. The molecule has 4 rings (SSSR count). The molecule has 8 heteroatoms. The molecule has 1 N–H and O–H groups in total. The van der Waals surface area contributed by atoms with Crippen molar-refractivity contribution in [3.63, 3.8) is 0 Å². The zero-order valence-corrected chi connectivity index (χ0v) is 16.1. The number of hydrogen-bond acceptors (Lipinski definition) is 5. The summed E-state index contributed by atoms with van der Waals surface area (Å²) in [6.45, 7) is 0.0977. The second-order valence-electron chi connectivity index (χ2n) is 7.20. The largest absolute Gasteiger partial charge is 0.325 e. The molecular weight excluding hydrogens is 364 g/mol. The number of urea groups is 1. The first-order chi connectivity index (χ1) is 13.0. The van der Waals surface area contributed by atoms with E-state index in [-0.39, 0.29) is 30.8 Å². The maximum Gasteiger partial charge on any atom is 0.325 e. The summed E-state index contributed by atoms with van der Waals surface area (Å²) in [4.78, 5) is 44.8. The average molecular weight is 386 g/mol. The highest BCUT2D eigenvalue weighted by Gasteiger charge is 2.51. The third-order valence-corrected chi connectivity index (χ3v) is 6.56. The van der Waals surface area contributed by atoms with Crippen molar-refractivity contribution >= 4 is 44.5 Å². The molecule has 2 aliphatic rings. The number of thiazole rings is 1. The summed E-state index contributed by atoms with van der Waals surface area (Å²) in [5.74, 6) is -0.345. The molecule has 2 heterocycles. The van der Waals surface area contributed by atoms with Crippen molar-refractivity contribution in [1.29, 1.82) is 0 Å². The van der Waals surface area contributed by atoms with E-state index in [9.17, 15) is 14.4 Å². The number of fused-ring (bicyclic) bond motifs is 1. The molecular formula is C19H22N4O3S. The molecule has 1 aliphatic carbocycles. The number of amides is 4. The van der Waals surface area contributed by atoms with Gasteiger partial charge in [-0.05, 0) is 25.0 Å². The third kappa shape index (κ3) is 3.18. The van der Waals surface area contributed by atoms with Crippen LogP contribution in [0.3, 0.4) is 0 Å². The van der Waals surface area contributed by atoms with Crippen LogP contribution in [-0.4, -0.2) is 46.9 Å². The van der Waals surface area contributed by atoms with Crippen LogP contribution >= 0.6 is 11.3 Å². The van der Waals surface area contributed by atoms with Crippen LogP contribution in [0.25, 0.3) is 10.2 Å². The number of benzene rings is 1. The van der Waals surface area contributed by atoms with Crippen LogP contribution < -0.4 is 10.2 Å². The van der Waals surface area contributed by atoms with Crippen molar-refractivity contribution in [3.8, 4) is 0 Å². The normalized spacial score (nSPS) is 18.9. The molecule has 27 heavy (non-hydrogen) atoms. The maximum absolute atomic E-state index is 12.8. The molecule has 1 saturated carbocycles. The predicted octanol–water partition coefficient (Wildman–Crippen LogP) is 2.90. The highest BCUT2D eigenvalue weighted by Crippen LogP contribution is 2.34. The molecule has 1 aliphatic heterocycles. The Morgan fingerprint density at radius 3 is 2.74 bits per heavy atom. The van der Waals surface area contributed by atoms with Crippen LogP contribution in [0.15, 0.2) is 24.3 Å². The fourth-order valence-electron chi connectivity index (χ4n) is 3.86. The summed E-state index contributed by atoms with van der Waals surface area (Å²) in [6.07, 6.45) is 4.44. The number of imide groups is 1. The number of nitrogens with one attached hydrogen (secondary N) is 1. The van der Waals surface area contributed by atoms with Crippen LogP contribution in [-0.2, 0) is 9.59 Å². The maximum atomic E-state index is 12.8. The Kier molecular flexibility index (Phi) is 4.59. The van der Waals surface area contributed by atoms with E-state index in [1.807, 2.05) is 24.3 Å². The standard InChI is InChI=1S/C19H22N4O3S/c1-22(18-20-13-7-3-4-8-14(13)27-18)15(24)9-12-23-16(25)19(21-17(23)26)10-5-2-6-11-19/h3-4,7-8H,2,5-6,9-12H2,1H3,(H,21,26). The van der Waals surface area contributed by atoms with Crippen molar-refractivity contribution in [2.45, 2.75) is 44.1 Å². The number of aromatic nitrogens is 1. The van der Waals surface area contributed by atoms with E-state index in [1.54, 1.807) is 7.05 Å². The monoisotopic (exact) mass is 386 g/mol. The summed E-state index contributed by atoms with van der Waals surface area (Å²) in [5, 5.41) is 3.49. The lowest BCUT2D eigenvalue weighted by Gasteiger charge is -2.30. The van der Waals surface area contributed by atoms with Gasteiger partial charge in [0.05, 0.1) is 10.2 Å². The van der Waals surface area contributed by atoms with E-state index in [0.29, 0.717) is 18.0 Å². The lowest BCUT2D eigenvalue weighted by molar-refractivity contribution is -0.132. The Labute approximate surface area is 161 Å². The number of nitrogens with zero attached hydrogens (tertiary/aromatic N) is 3. The van der Waals surface area contributed by atoms with Gasteiger partial charge in [0.1, 0.15) is 5.54 Å². The van der Waals surface area contributed by atoms with Gasteiger partial charge in [-0.25, -0.2) is 9.78 Å². The quantitative estimate of drug-likeness (QED) is 0.819. The van der Waals surface area contributed by atoms with Gasteiger partial charge >= 0.3 is 6.03 Å². The lowest BCUT2D eigenvalue weighted by Crippen LogP contribution is -2.48. The van der Waals surface area contributed by atoms with E-state index < -0.39 is 5.54 Å². The summed E-state index contributed by atoms with van der Waals surface area (Å²) < 4.78 is 1.01. The van der Waals surface area contributed by atoms with Gasteiger partial charge < -0.3 is 5.32 Å². The van der Waals surface area contributed by atoms with Gasteiger partial charge in [0.2, 0.25) is 5.91 Å². The molecule has 1 saturated heterocycles. The van der Waals surface area contributed by atoms with Crippen LogP contribution in [0.1, 0.15) is 38.5 Å². The van der Waals surface area contributed by atoms with Crippen molar-refractivity contribution in [1.82, 2.24) is 15.2 Å². The van der Waals surface area contributed by atoms with Crippen LogP contribution in [0.2, 0.25) is 0 Å². The number of hydrogen-bond donors (Lipinski definition) is 1. The summed E-state index contributed by atoms with van der Waals surface area (Å²) in [6, 6.07) is 7.34. The van der Waals surface area contributed by atoms with Gasteiger partial charge in [-0.3, -0.25) is 19.4 Å². The topological polar surface area (TPSA) is 82.6 Å². The minimum Gasteiger partial charge on any atom is -0.323 e. The average Bonchev–Trinajstić information content (AvgIpc) is 3.20. The van der Waals surface area contributed by atoms with Gasteiger partial charge in [0, 0.05) is 20.0 Å². The number of para-hydroxylation sites is 1. The molecule has 0 bridgehead atoms. The number of carbonyl (C=O) groups excluding carboxylic acids is 3. The molecule has 1 aromatic heterocycles.